The third-order valence-electron chi connectivity index (χ3n) is 4.64. The number of nitrogens with zero attached hydrogens (tertiary/aromatic N) is 1. The van der Waals surface area contributed by atoms with Crippen molar-refractivity contribution in [2.45, 2.75) is 26.3 Å². The van der Waals surface area contributed by atoms with Gasteiger partial charge in [0.2, 0.25) is 0 Å². The lowest BCUT2D eigenvalue weighted by Crippen LogP contribution is -2.30. The molecule has 0 aliphatic carbocycles. The number of ketones is 1. The molecule has 140 valence electrons. The Kier molecular flexibility index (Phi) is 5.08. The minimum Gasteiger partial charge on any atom is -0.507 e. The molecule has 0 aromatic heterocycles. The van der Waals surface area contributed by atoms with Crippen molar-refractivity contribution in [3.05, 3.63) is 76.4 Å². The Morgan fingerprint density at radius 1 is 1.11 bits per heavy atom. The molecule has 1 amide bonds. The van der Waals surface area contributed by atoms with Crippen molar-refractivity contribution in [1.82, 2.24) is 4.90 Å². The molecule has 0 bridgehead atoms. The van der Waals surface area contributed by atoms with Crippen molar-refractivity contribution < 1.29 is 23.5 Å². The lowest BCUT2D eigenvalue weighted by molar-refractivity contribution is -0.139. The minimum absolute atomic E-state index is 0.130. The molecule has 6 heteroatoms. The zero-order chi connectivity index (χ0) is 19.7. The van der Waals surface area contributed by atoms with E-state index in [2.05, 4.69) is 0 Å². The average Bonchev–Trinajstić information content (AvgIpc) is 2.89. The van der Waals surface area contributed by atoms with Gasteiger partial charge in [-0.3, -0.25) is 9.59 Å². The van der Waals surface area contributed by atoms with E-state index in [1.807, 2.05) is 6.92 Å². The maximum absolute atomic E-state index is 14.5. The van der Waals surface area contributed by atoms with Crippen molar-refractivity contribution in [3.8, 4) is 0 Å². The molecule has 3 rings (SSSR count). The molecule has 1 fully saturated rings. The number of amides is 1. The van der Waals surface area contributed by atoms with Gasteiger partial charge >= 0.3 is 0 Å². The summed E-state index contributed by atoms with van der Waals surface area (Å²) >= 11 is 0. The molecular weight excluding hydrogens is 352 g/mol. The van der Waals surface area contributed by atoms with Crippen LogP contribution in [-0.4, -0.2) is 28.2 Å². The van der Waals surface area contributed by atoms with Gasteiger partial charge in [-0.05, 0) is 43.2 Å². The molecule has 1 atom stereocenters. The van der Waals surface area contributed by atoms with Crippen LogP contribution < -0.4 is 0 Å². The summed E-state index contributed by atoms with van der Waals surface area (Å²) < 4.78 is 28.0. The molecule has 2 aromatic rings. The first-order chi connectivity index (χ1) is 12.9. The largest absolute Gasteiger partial charge is 0.507 e. The number of halogens is 2. The monoisotopic (exact) mass is 371 g/mol. The summed E-state index contributed by atoms with van der Waals surface area (Å²) in [6.45, 7) is 3.60. The first kappa shape index (κ1) is 18.8. The Bertz CT molecular complexity index is 952. The van der Waals surface area contributed by atoms with E-state index in [0.29, 0.717) is 6.42 Å². The number of Topliss-reactive ketones (excluding diaryl/α,β-unsaturated/α-hetero) is 1. The molecule has 27 heavy (non-hydrogen) atoms. The molecule has 1 aliphatic heterocycles. The van der Waals surface area contributed by atoms with Crippen LogP contribution in [0.15, 0.2) is 48.0 Å². The van der Waals surface area contributed by atoms with E-state index in [9.17, 15) is 23.5 Å². The number of aliphatic hydroxyl groups is 1. The Morgan fingerprint density at radius 3 is 2.44 bits per heavy atom. The second-order valence-corrected chi connectivity index (χ2v) is 6.48. The summed E-state index contributed by atoms with van der Waals surface area (Å²) in [4.78, 5) is 26.4. The van der Waals surface area contributed by atoms with E-state index in [-0.39, 0.29) is 28.8 Å². The molecule has 1 N–H and O–H groups in total. The van der Waals surface area contributed by atoms with Crippen LogP contribution in [0.5, 0.6) is 0 Å². The number of benzene rings is 2. The Hall–Kier alpha value is -3.02. The number of aliphatic hydroxyl groups excluding tert-OH is 1. The highest BCUT2D eigenvalue weighted by atomic mass is 19.1. The molecule has 4 nitrogen and oxygen atoms in total. The van der Waals surface area contributed by atoms with E-state index in [1.54, 1.807) is 6.07 Å². The molecular formula is C21H19F2NO3. The number of hydrogen-bond acceptors (Lipinski definition) is 3. The molecule has 1 unspecified atom stereocenters. The van der Waals surface area contributed by atoms with Gasteiger partial charge in [-0.1, -0.05) is 25.1 Å². The van der Waals surface area contributed by atoms with Gasteiger partial charge in [0.05, 0.1) is 11.6 Å². The van der Waals surface area contributed by atoms with Gasteiger partial charge in [0.1, 0.15) is 17.4 Å². The topological polar surface area (TPSA) is 57.6 Å². The lowest BCUT2D eigenvalue weighted by Gasteiger charge is -2.25. The number of carbonyl (C=O) groups is 2. The van der Waals surface area contributed by atoms with Crippen molar-refractivity contribution in [1.29, 1.82) is 0 Å². The molecule has 1 heterocycles. The van der Waals surface area contributed by atoms with Gasteiger partial charge in [0.15, 0.2) is 0 Å². The van der Waals surface area contributed by atoms with Gasteiger partial charge in [-0.15, -0.1) is 0 Å². The van der Waals surface area contributed by atoms with Gasteiger partial charge in [-0.25, -0.2) is 8.78 Å². The van der Waals surface area contributed by atoms with Crippen LogP contribution in [-0.2, 0) is 9.59 Å². The minimum atomic E-state index is -1.03. The van der Waals surface area contributed by atoms with Gasteiger partial charge in [0, 0.05) is 17.7 Å². The summed E-state index contributed by atoms with van der Waals surface area (Å²) in [7, 11) is 0. The van der Waals surface area contributed by atoms with Crippen LogP contribution in [0.25, 0.3) is 5.76 Å². The van der Waals surface area contributed by atoms with E-state index in [4.69, 9.17) is 0 Å². The highest BCUT2D eigenvalue weighted by Gasteiger charge is 2.46. The second-order valence-electron chi connectivity index (χ2n) is 6.48. The van der Waals surface area contributed by atoms with Gasteiger partial charge in [-0.2, -0.15) is 0 Å². The molecule has 1 aliphatic rings. The first-order valence-electron chi connectivity index (χ1n) is 8.66. The number of likely N-dealkylation sites (tertiary alicyclic amines) is 1. The molecule has 0 radical (unpaired) electrons. The SMILES string of the molecule is CCCN1C(=O)C(=O)/C(=C(/O)c2ccc(F)c(C)c2)C1c1ccccc1F. The van der Waals surface area contributed by atoms with E-state index in [0.717, 1.165) is 0 Å². The van der Waals surface area contributed by atoms with Gasteiger partial charge in [0.25, 0.3) is 11.7 Å². The third kappa shape index (κ3) is 3.23. The standard InChI is InChI=1S/C21H19F2NO3/c1-3-10-24-18(14-6-4-5-7-16(14)23)17(20(26)21(24)27)19(25)13-8-9-15(22)12(2)11-13/h4-9,11,18,25H,3,10H2,1-2H3/b19-17+. The number of hydrogen-bond donors (Lipinski definition) is 1. The maximum atomic E-state index is 14.5. The molecule has 1 saturated heterocycles. The summed E-state index contributed by atoms with van der Waals surface area (Å²) in [6.07, 6.45) is 0.563. The Balaban J connectivity index is 2.23. The summed E-state index contributed by atoms with van der Waals surface area (Å²) in [6, 6.07) is 8.68. The van der Waals surface area contributed by atoms with Crippen molar-refractivity contribution in [3.63, 3.8) is 0 Å². The maximum Gasteiger partial charge on any atom is 0.295 e. The van der Waals surface area contributed by atoms with Crippen LogP contribution in [0.1, 0.15) is 36.1 Å². The molecule has 0 spiro atoms. The summed E-state index contributed by atoms with van der Waals surface area (Å²) in [5.74, 6) is -3.14. The predicted molar refractivity (Wildman–Crippen MR) is 96.8 cm³/mol. The van der Waals surface area contributed by atoms with Crippen molar-refractivity contribution in [2.75, 3.05) is 6.54 Å². The normalized spacial score (nSPS) is 19.0. The highest BCUT2D eigenvalue weighted by Crippen LogP contribution is 2.40. The number of carbonyl (C=O) groups excluding carboxylic acids is 2. The van der Waals surface area contributed by atoms with Crippen LogP contribution in [0, 0.1) is 18.6 Å². The number of aryl methyl sites for hydroxylation is 1. The van der Waals surface area contributed by atoms with Crippen LogP contribution in [0.2, 0.25) is 0 Å². The smallest absolute Gasteiger partial charge is 0.295 e. The summed E-state index contributed by atoms with van der Waals surface area (Å²) in [5, 5.41) is 10.8. The van der Waals surface area contributed by atoms with Crippen molar-refractivity contribution >= 4 is 17.4 Å². The lowest BCUT2D eigenvalue weighted by atomic mass is 9.94. The quantitative estimate of drug-likeness (QED) is 0.500. The molecule has 0 saturated carbocycles. The van der Waals surface area contributed by atoms with Crippen LogP contribution in [0.3, 0.4) is 0 Å². The van der Waals surface area contributed by atoms with E-state index in [1.165, 1.54) is 48.2 Å². The summed E-state index contributed by atoms with van der Waals surface area (Å²) in [5.41, 5.74) is 0.420. The fraction of sp³-hybridized carbons (Fsp3) is 0.238. The fourth-order valence-corrected chi connectivity index (χ4v) is 3.32. The van der Waals surface area contributed by atoms with E-state index < -0.39 is 35.1 Å². The fourth-order valence-electron chi connectivity index (χ4n) is 3.32. The molecule has 2 aromatic carbocycles. The van der Waals surface area contributed by atoms with E-state index >= 15 is 0 Å². The number of rotatable bonds is 4. The third-order valence-corrected chi connectivity index (χ3v) is 4.64. The second kappa shape index (κ2) is 7.31. The average molecular weight is 371 g/mol. The zero-order valence-corrected chi connectivity index (χ0v) is 15.0. The van der Waals surface area contributed by atoms with Crippen molar-refractivity contribution in [2.24, 2.45) is 0 Å². The van der Waals surface area contributed by atoms with Gasteiger partial charge < -0.3 is 10.0 Å². The Labute approximate surface area is 155 Å². The zero-order valence-electron chi connectivity index (χ0n) is 15.0. The Morgan fingerprint density at radius 2 is 1.81 bits per heavy atom. The highest BCUT2D eigenvalue weighted by molar-refractivity contribution is 6.46. The first-order valence-corrected chi connectivity index (χ1v) is 8.66. The van der Waals surface area contributed by atoms with Crippen LogP contribution in [0.4, 0.5) is 8.78 Å². The van der Waals surface area contributed by atoms with Crippen LogP contribution >= 0.6 is 0 Å². The predicted octanol–water partition coefficient (Wildman–Crippen LogP) is 4.10.